The van der Waals surface area contributed by atoms with Crippen LogP contribution in [-0.4, -0.2) is 34.8 Å². The first-order chi connectivity index (χ1) is 12.4. The molecule has 4 rings (SSSR count). The van der Waals surface area contributed by atoms with Gasteiger partial charge < -0.3 is 19.3 Å². The van der Waals surface area contributed by atoms with Gasteiger partial charge in [0.1, 0.15) is 18.5 Å². The van der Waals surface area contributed by atoms with Crippen molar-refractivity contribution in [3.8, 4) is 17.1 Å². The first kappa shape index (κ1) is 15.7. The van der Waals surface area contributed by atoms with Crippen LogP contribution in [-0.2, 0) is 11.3 Å². The molecule has 3 aromatic rings. The van der Waals surface area contributed by atoms with E-state index in [1.165, 1.54) is 0 Å². The smallest absolute Gasteiger partial charge is 0.257 e. The zero-order valence-electron chi connectivity index (χ0n) is 13.6. The van der Waals surface area contributed by atoms with E-state index < -0.39 is 0 Å². The Bertz CT molecular complexity index is 816. The maximum atomic E-state index is 5.82. The van der Waals surface area contributed by atoms with Crippen LogP contribution in [0.15, 0.2) is 53.3 Å². The average molecular weight is 338 g/mol. The summed E-state index contributed by atoms with van der Waals surface area (Å²) in [6.07, 6.45) is 3.33. The van der Waals surface area contributed by atoms with Crippen molar-refractivity contribution in [1.29, 1.82) is 0 Å². The summed E-state index contributed by atoms with van der Waals surface area (Å²) in [6, 6.07) is 11.5. The zero-order valence-corrected chi connectivity index (χ0v) is 13.6. The highest BCUT2D eigenvalue weighted by molar-refractivity contribution is 5.56. The second-order valence-corrected chi connectivity index (χ2v) is 5.70. The molecule has 2 aromatic heterocycles. The number of morpholine rings is 1. The monoisotopic (exact) mass is 338 g/mol. The number of aromatic nitrogens is 3. The predicted molar refractivity (Wildman–Crippen MR) is 89.9 cm³/mol. The largest absolute Gasteiger partial charge is 0.489 e. The van der Waals surface area contributed by atoms with Crippen molar-refractivity contribution in [3.05, 3.63) is 60.2 Å². The first-order valence-corrected chi connectivity index (χ1v) is 8.16. The van der Waals surface area contributed by atoms with E-state index in [1.54, 1.807) is 12.4 Å². The van der Waals surface area contributed by atoms with Crippen molar-refractivity contribution in [2.24, 2.45) is 0 Å². The lowest BCUT2D eigenvalue weighted by Crippen LogP contribution is -2.33. The fourth-order valence-electron chi connectivity index (χ4n) is 2.58. The Kier molecular flexibility index (Phi) is 4.67. The number of nitrogens with one attached hydrogen (secondary N) is 1. The Labute approximate surface area is 145 Å². The molecule has 0 saturated carbocycles. The van der Waals surface area contributed by atoms with Crippen LogP contribution in [0.2, 0.25) is 0 Å². The fourth-order valence-corrected chi connectivity index (χ4v) is 2.58. The normalized spacial score (nSPS) is 17.4. The minimum atomic E-state index is -0.194. The molecular weight excluding hydrogens is 320 g/mol. The summed E-state index contributed by atoms with van der Waals surface area (Å²) < 4.78 is 16.8. The topological polar surface area (TPSA) is 82.3 Å². The Balaban J connectivity index is 1.46. The van der Waals surface area contributed by atoms with Crippen LogP contribution in [0.5, 0.6) is 5.75 Å². The van der Waals surface area contributed by atoms with Gasteiger partial charge >= 0.3 is 0 Å². The molecule has 0 unspecified atom stereocenters. The van der Waals surface area contributed by atoms with Crippen molar-refractivity contribution in [1.82, 2.24) is 20.4 Å². The molecule has 7 heteroatoms. The molecule has 1 fully saturated rings. The van der Waals surface area contributed by atoms with Crippen LogP contribution in [0.1, 0.15) is 17.6 Å². The van der Waals surface area contributed by atoms with Crippen LogP contribution in [0.3, 0.4) is 0 Å². The summed E-state index contributed by atoms with van der Waals surface area (Å²) in [5.41, 5.74) is 1.85. The Hall–Kier alpha value is -2.77. The molecule has 25 heavy (non-hydrogen) atoms. The Morgan fingerprint density at radius 2 is 2.24 bits per heavy atom. The molecule has 7 nitrogen and oxygen atoms in total. The standard InChI is InChI=1S/C18H18N4O3/c1-4-14(9-15(5-1)24-12-13-3-2-6-19-10-13)17-21-18(25-22-17)16-11-20-7-8-23-16/h1-6,9-10,16,20H,7-8,11-12H2/t16-/m0/s1. The van der Waals surface area contributed by atoms with Crippen molar-refractivity contribution >= 4 is 0 Å². The molecule has 3 heterocycles. The molecular formula is C18H18N4O3. The first-order valence-electron chi connectivity index (χ1n) is 8.16. The summed E-state index contributed by atoms with van der Waals surface area (Å²) in [6.45, 7) is 2.61. The van der Waals surface area contributed by atoms with E-state index in [9.17, 15) is 0 Å². The highest BCUT2D eigenvalue weighted by Gasteiger charge is 2.22. The fraction of sp³-hybridized carbons (Fsp3) is 0.278. The third-order valence-corrected chi connectivity index (χ3v) is 3.87. The lowest BCUT2D eigenvalue weighted by atomic mass is 10.2. The minimum absolute atomic E-state index is 0.194. The van der Waals surface area contributed by atoms with Gasteiger partial charge in [0, 0.05) is 36.6 Å². The third kappa shape index (κ3) is 3.84. The zero-order chi connectivity index (χ0) is 16.9. The van der Waals surface area contributed by atoms with Gasteiger partial charge in [0.05, 0.1) is 6.61 Å². The molecule has 1 atom stereocenters. The van der Waals surface area contributed by atoms with Gasteiger partial charge in [-0.3, -0.25) is 4.98 Å². The van der Waals surface area contributed by atoms with Gasteiger partial charge in [-0.15, -0.1) is 0 Å². The average Bonchev–Trinajstić information content (AvgIpc) is 3.18. The van der Waals surface area contributed by atoms with Crippen molar-refractivity contribution in [3.63, 3.8) is 0 Å². The lowest BCUT2D eigenvalue weighted by Gasteiger charge is -2.19. The number of rotatable bonds is 5. The summed E-state index contributed by atoms with van der Waals surface area (Å²) in [5, 5.41) is 7.31. The summed E-state index contributed by atoms with van der Waals surface area (Å²) >= 11 is 0. The van der Waals surface area contributed by atoms with Crippen molar-refractivity contribution in [2.45, 2.75) is 12.7 Å². The second-order valence-electron chi connectivity index (χ2n) is 5.70. The van der Waals surface area contributed by atoms with E-state index in [2.05, 4.69) is 20.4 Å². The van der Waals surface area contributed by atoms with Gasteiger partial charge in [0.15, 0.2) is 0 Å². The molecule has 1 aromatic carbocycles. The molecule has 0 amide bonds. The molecule has 1 N–H and O–H groups in total. The molecule has 0 aliphatic carbocycles. The van der Waals surface area contributed by atoms with Gasteiger partial charge in [0.25, 0.3) is 5.89 Å². The summed E-state index contributed by atoms with van der Waals surface area (Å²) in [4.78, 5) is 8.54. The maximum Gasteiger partial charge on any atom is 0.257 e. The number of hydrogen-bond donors (Lipinski definition) is 1. The summed E-state index contributed by atoms with van der Waals surface area (Å²) in [5.74, 6) is 1.75. The van der Waals surface area contributed by atoms with Gasteiger partial charge in [-0.05, 0) is 18.2 Å². The highest BCUT2D eigenvalue weighted by Crippen LogP contribution is 2.24. The van der Waals surface area contributed by atoms with Crippen molar-refractivity contribution < 1.29 is 14.0 Å². The van der Waals surface area contributed by atoms with E-state index >= 15 is 0 Å². The van der Waals surface area contributed by atoms with E-state index in [-0.39, 0.29) is 6.10 Å². The maximum absolute atomic E-state index is 5.82. The van der Waals surface area contributed by atoms with Gasteiger partial charge in [0.2, 0.25) is 5.82 Å². The van der Waals surface area contributed by atoms with E-state index in [0.717, 1.165) is 23.4 Å². The molecule has 1 saturated heterocycles. The van der Waals surface area contributed by atoms with Gasteiger partial charge in [-0.2, -0.15) is 4.98 Å². The van der Waals surface area contributed by atoms with Gasteiger partial charge in [-0.25, -0.2) is 0 Å². The molecule has 1 aliphatic heterocycles. The predicted octanol–water partition coefficient (Wildman–Crippen LogP) is 2.37. The van der Waals surface area contributed by atoms with Crippen LogP contribution in [0.25, 0.3) is 11.4 Å². The van der Waals surface area contributed by atoms with Crippen LogP contribution in [0.4, 0.5) is 0 Å². The van der Waals surface area contributed by atoms with Gasteiger partial charge in [-0.1, -0.05) is 23.4 Å². The van der Waals surface area contributed by atoms with Crippen LogP contribution >= 0.6 is 0 Å². The molecule has 1 aliphatic rings. The minimum Gasteiger partial charge on any atom is -0.489 e. The van der Waals surface area contributed by atoms with E-state index in [0.29, 0.717) is 31.5 Å². The number of hydrogen-bond acceptors (Lipinski definition) is 7. The van der Waals surface area contributed by atoms with Crippen LogP contribution in [0, 0.1) is 0 Å². The third-order valence-electron chi connectivity index (χ3n) is 3.87. The molecule has 0 radical (unpaired) electrons. The highest BCUT2D eigenvalue weighted by atomic mass is 16.5. The number of benzene rings is 1. The quantitative estimate of drug-likeness (QED) is 0.765. The van der Waals surface area contributed by atoms with E-state index in [1.807, 2.05) is 36.4 Å². The SMILES string of the molecule is c1cncc(COc2cccc(-c3noc([C@@H]4CNCCO4)n3)c2)c1. The number of pyridine rings is 1. The molecule has 0 spiro atoms. The Morgan fingerprint density at radius 1 is 1.24 bits per heavy atom. The molecule has 128 valence electrons. The lowest BCUT2D eigenvalue weighted by molar-refractivity contribution is 0.00755. The Morgan fingerprint density at radius 3 is 3.08 bits per heavy atom. The van der Waals surface area contributed by atoms with Crippen LogP contribution < -0.4 is 10.1 Å². The van der Waals surface area contributed by atoms with Crippen molar-refractivity contribution in [2.75, 3.05) is 19.7 Å². The number of nitrogens with zero attached hydrogens (tertiary/aromatic N) is 3. The second kappa shape index (κ2) is 7.42. The molecule has 0 bridgehead atoms. The van der Waals surface area contributed by atoms with E-state index in [4.69, 9.17) is 14.0 Å². The summed E-state index contributed by atoms with van der Waals surface area (Å²) in [7, 11) is 0. The number of ether oxygens (including phenoxy) is 2.